The zero-order chi connectivity index (χ0) is 23.2. The Morgan fingerprint density at radius 3 is 2.59 bits per heavy atom. The maximum Gasteiger partial charge on any atom is 0.244 e. The van der Waals surface area contributed by atoms with Crippen LogP contribution >= 0.6 is 34.2 Å². The number of carbonyl (C=O) groups excluding carboxylic acids is 1. The van der Waals surface area contributed by atoms with E-state index in [4.69, 9.17) is 11.6 Å². The van der Waals surface area contributed by atoms with Crippen LogP contribution in [-0.2, 0) is 21.4 Å². The highest BCUT2D eigenvalue weighted by atomic mass is 127. The van der Waals surface area contributed by atoms with Gasteiger partial charge in [0.15, 0.2) is 0 Å². The standard InChI is InChI=1S/C21H21ClF2IN3O3S/c1-11-16(24)9-17(28(11)32(30,31)15-6-4-14(23)5-7-15)21(29)26-10-13-8-18(22)27-20(19(13)25)12-2-3-12/h4-8,11-12,16-17H,2-3,9-10H2,1H3,(H,26,29). The molecule has 2 heterocycles. The maximum atomic E-state index is 14.5. The van der Waals surface area contributed by atoms with Gasteiger partial charge in [0.05, 0.1) is 16.6 Å². The van der Waals surface area contributed by atoms with E-state index in [1.54, 1.807) is 6.07 Å². The van der Waals surface area contributed by atoms with Gasteiger partial charge in [0.1, 0.15) is 23.2 Å². The van der Waals surface area contributed by atoms with E-state index in [1.165, 1.54) is 6.92 Å². The fraction of sp³-hybridized carbons (Fsp3) is 0.429. The maximum absolute atomic E-state index is 14.5. The Morgan fingerprint density at radius 1 is 1.31 bits per heavy atom. The first-order valence-electron chi connectivity index (χ1n) is 10.1. The Morgan fingerprint density at radius 2 is 1.97 bits per heavy atom. The summed E-state index contributed by atoms with van der Waals surface area (Å²) < 4.78 is 55.9. The summed E-state index contributed by atoms with van der Waals surface area (Å²) in [7, 11) is -4.21. The molecule has 3 unspecified atom stereocenters. The molecule has 172 valence electrons. The average Bonchev–Trinajstić information content (AvgIpc) is 3.53. The summed E-state index contributed by atoms with van der Waals surface area (Å²) in [5.41, 5.74) is 1.68. The second-order valence-corrected chi connectivity index (χ2v) is 11.4. The Hall–Kier alpha value is -1.37. The SMILES string of the molecule is CC1C(F)CC(C(=O)NCc2cc(Cl)nc(C3CC3)c2I)N1S(=O)(=O)c1ccc(F)cc1. The van der Waals surface area contributed by atoms with Crippen molar-refractivity contribution in [1.29, 1.82) is 0 Å². The fourth-order valence-corrected chi connectivity index (χ4v) is 6.86. The number of aromatic nitrogens is 1. The van der Waals surface area contributed by atoms with Crippen LogP contribution in [-0.4, -0.2) is 41.9 Å². The molecular weight excluding hydrogens is 575 g/mol. The van der Waals surface area contributed by atoms with Crippen molar-refractivity contribution < 1.29 is 22.0 Å². The lowest BCUT2D eigenvalue weighted by molar-refractivity contribution is -0.124. The molecule has 1 aliphatic heterocycles. The van der Waals surface area contributed by atoms with Crippen molar-refractivity contribution in [3.05, 3.63) is 56.1 Å². The Balaban J connectivity index is 1.55. The summed E-state index contributed by atoms with van der Waals surface area (Å²) >= 11 is 8.32. The van der Waals surface area contributed by atoms with Gasteiger partial charge < -0.3 is 5.32 Å². The van der Waals surface area contributed by atoms with Crippen LogP contribution in [0.25, 0.3) is 0 Å². The monoisotopic (exact) mass is 595 g/mol. The molecular formula is C21H21ClF2IN3O3S. The number of sulfonamides is 1. The van der Waals surface area contributed by atoms with Crippen LogP contribution in [0.3, 0.4) is 0 Å². The van der Waals surface area contributed by atoms with E-state index in [9.17, 15) is 22.0 Å². The van der Waals surface area contributed by atoms with Crippen LogP contribution in [0.2, 0.25) is 5.15 Å². The number of halogens is 4. The third-order valence-electron chi connectivity index (χ3n) is 5.82. The normalized spacial score (nSPS) is 24.0. The Kier molecular flexibility index (Phi) is 6.77. The summed E-state index contributed by atoms with van der Waals surface area (Å²) in [6, 6.07) is 3.67. The number of carbonyl (C=O) groups is 1. The first-order chi connectivity index (χ1) is 15.1. The summed E-state index contributed by atoms with van der Waals surface area (Å²) in [5.74, 6) is -0.818. The second-order valence-electron chi connectivity index (χ2n) is 8.09. The molecule has 6 nitrogen and oxygen atoms in total. The van der Waals surface area contributed by atoms with Gasteiger partial charge in [-0.3, -0.25) is 4.79 Å². The van der Waals surface area contributed by atoms with Crippen LogP contribution in [0, 0.1) is 9.39 Å². The molecule has 2 aromatic rings. The number of nitrogens with one attached hydrogen (secondary N) is 1. The molecule has 1 saturated carbocycles. The molecule has 1 aromatic carbocycles. The third kappa shape index (κ3) is 4.64. The number of rotatable bonds is 6. The number of benzene rings is 1. The smallest absolute Gasteiger partial charge is 0.244 e. The average molecular weight is 596 g/mol. The molecule has 2 aliphatic rings. The highest BCUT2D eigenvalue weighted by molar-refractivity contribution is 14.1. The van der Waals surface area contributed by atoms with Gasteiger partial charge in [-0.25, -0.2) is 22.2 Å². The first kappa shape index (κ1) is 23.8. The van der Waals surface area contributed by atoms with Gasteiger partial charge in [0.25, 0.3) is 0 Å². The van der Waals surface area contributed by atoms with Crippen molar-refractivity contribution in [2.24, 2.45) is 0 Å². The van der Waals surface area contributed by atoms with Crippen LogP contribution in [0.5, 0.6) is 0 Å². The van der Waals surface area contributed by atoms with Gasteiger partial charge in [-0.15, -0.1) is 0 Å². The Bertz CT molecular complexity index is 1150. The molecule has 1 saturated heterocycles. The van der Waals surface area contributed by atoms with Crippen molar-refractivity contribution in [1.82, 2.24) is 14.6 Å². The number of hydrogen-bond donors (Lipinski definition) is 1. The second kappa shape index (κ2) is 9.11. The molecule has 1 aliphatic carbocycles. The third-order valence-corrected chi connectivity index (χ3v) is 9.27. The minimum absolute atomic E-state index is 0.116. The first-order valence-corrected chi connectivity index (χ1v) is 13.0. The molecule has 11 heteroatoms. The lowest BCUT2D eigenvalue weighted by Crippen LogP contribution is -2.48. The quantitative estimate of drug-likeness (QED) is 0.402. The van der Waals surface area contributed by atoms with E-state index in [0.29, 0.717) is 11.1 Å². The molecule has 1 aromatic heterocycles. The largest absolute Gasteiger partial charge is 0.351 e. The van der Waals surface area contributed by atoms with Gasteiger partial charge >= 0.3 is 0 Å². The van der Waals surface area contributed by atoms with Crippen molar-refractivity contribution in [3.63, 3.8) is 0 Å². The topological polar surface area (TPSA) is 79.4 Å². The molecule has 32 heavy (non-hydrogen) atoms. The van der Waals surface area contributed by atoms with Gasteiger partial charge in [-0.2, -0.15) is 4.31 Å². The molecule has 2 fully saturated rings. The van der Waals surface area contributed by atoms with E-state index < -0.39 is 40.0 Å². The zero-order valence-corrected chi connectivity index (χ0v) is 20.8. The van der Waals surface area contributed by atoms with Crippen LogP contribution < -0.4 is 5.32 Å². The van der Waals surface area contributed by atoms with Crippen molar-refractivity contribution in [2.75, 3.05) is 0 Å². The number of amides is 1. The molecule has 4 rings (SSSR count). The van der Waals surface area contributed by atoms with Crippen LogP contribution in [0.1, 0.15) is 43.4 Å². The van der Waals surface area contributed by atoms with Crippen LogP contribution in [0.4, 0.5) is 8.78 Å². The van der Waals surface area contributed by atoms with Crippen LogP contribution in [0.15, 0.2) is 35.2 Å². The number of hydrogen-bond acceptors (Lipinski definition) is 4. The van der Waals surface area contributed by atoms with Gasteiger partial charge in [-0.1, -0.05) is 11.6 Å². The van der Waals surface area contributed by atoms with E-state index in [2.05, 4.69) is 32.9 Å². The Labute approximate surface area is 203 Å². The highest BCUT2D eigenvalue weighted by Crippen LogP contribution is 2.42. The summed E-state index contributed by atoms with van der Waals surface area (Å²) in [6.45, 7) is 1.54. The molecule has 1 amide bonds. The molecule has 1 N–H and O–H groups in total. The van der Waals surface area contributed by atoms with E-state index in [-0.39, 0.29) is 17.9 Å². The molecule has 0 radical (unpaired) electrons. The number of nitrogens with zero attached hydrogens (tertiary/aromatic N) is 2. The minimum Gasteiger partial charge on any atom is -0.351 e. The van der Waals surface area contributed by atoms with Gasteiger partial charge in [0, 0.05) is 22.5 Å². The fourth-order valence-electron chi connectivity index (χ4n) is 3.92. The highest BCUT2D eigenvalue weighted by Gasteiger charge is 2.49. The summed E-state index contributed by atoms with van der Waals surface area (Å²) in [5, 5.41) is 3.07. The lowest BCUT2D eigenvalue weighted by atomic mass is 10.1. The summed E-state index contributed by atoms with van der Waals surface area (Å²) in [6.07, 6.45) is 0.333. The van der Waals surface area contributed by atoms with Gasteiger partial charge in [-0.05, 0) is 78.3 Å². The predicted molar refractivity (Wildman–Crippen MR) is 124 cm³/mol. The van der Waals surface area contributed by atoms with E-state index >= 15 is 0 Å². The number of pyridine rings is 1. The van der Waals surface area contributed by atoms with Crippen molar-refractivity contribution in [3.8, 4) is 0 Å². The lowest BCUT2D eigenvalue weighted by Gasteiger charge is -2.27. The minimum atomic E-state index is -4.21. The van der Waals surface area contributed by atoms with E-state index in [0.717, 1.165) is 56.2 Å². The molecule has 0 bridgehead atoms. The zero-order valence-electron chi connectivity index (χ0n) is 17.1. The van der Waals surface area contributed by atoms with Crippen molar-refractivity contribution >= 4 is 50.1 Å². The van der Waals surface area contributed by atoms with E-state index in [1.807, 2.05) is 0 Å². The molecule has 3 atom stereocenters. The van der Waals surface area contributed by atoms with Crippen molar-refractivity contribution in [2.45, 2.75) is 61.8 Å². The summed E-state index contributed by atoms with van der Waals surface area (Å²) in [4.78, 5) is 17.2. The molecule has 0 spiro atoms. The predicted octanol–water partition coefficient (Wildman–Crippen LogP) is 4.16. The van der Waals surface area contributed by atoms with Gasteiger partial charge in [0.2, 0.25) is 15.9 Å². The number of alkyl halides is 1.